The van der Waals surface area contributed by atoms with E-state index in [1.165, 1.54) is 6.08 Å². The highest BCUT2D eigenvalue weighted by Gasteiger charge is 2.36. The lowest BCUT2D eigenvalue weighted by Gasteiger charge is -2.11. The maximum Gasteiger partial charge on any atom is 0.323 e. The van der Waals surface area contributed by atoms with E-state index in [0.717, 1.165) is 0 Å². The Balaban J connectivity index is 2.22. The molecule has 1 aromatic rings. The van der Waals surface area contributed by atoms with Gasteiger partial charge in [0.15, 0.2) is 0 Å². The summed E-state index contributed by atoms with van der Waals surface area (Å²) < 4.78 is 5.52. The van der Waals surface area contributed by atoms with E-state index in [4.69, 9.17) is 21.4 Å². The van der Waals surface area contributed by atoms with Crippen LogP contribution in [0.1, 0.15) is 19.4 Å². The van der Waals surface area contributed by atoms with Gasteiger partial charge in [-0.3, -0.25) is 19.3 Å². The molecule has 0 spiro atoms. The van der Waals surface area contributed by atoms with E-state index in [9.17, 15) is 14.4 Å². The fourth-order valence-electron chi connectivity index (χ4n) is 1.88. The number of carboxylic acids is 1. The third kappa shape index (κ3) is 4.27. The number of thioether (sulfide) groups is 1. The summed E-state index contributed by atoms with van der Waals surface area (Å²) in [5, 5.41) is 8.50. The second kappa shape index (κ2) is 7.06. The summed E-state index contributed by atoms with van der Waals surface area (Å²) in [6.07, 6.45) is 1.48. The summed E-state index contributed by atoms with van der Waals surface area (Å²) in [6.45, 7) is 3.11. The maximum absolute atomic E-state index is 12.0. The summed E-state index contributed by atoms with van der Waals surface area (Å²) in [7, 11) is 0. The first-order valence-electron chi connectivity index (χ1n) is 6.71. The van der Waals surface area contributed by atoms with Crippen molar-refractivity contribution in [1.82, 2.24) is 4.90 Å². The van der Waals surface area contributed by atoms with Crippen LogP contribution in [0.15, 0.2) is 23.1 Å². The molecule has 1 aromatic carbocycles. The lowest BCUT2D eigenvalue weighted by atomic mass is 10.2. The van der Waals surface area contributed by atoms with Crippen LogP contribution in [0.3, 0.4) is 0 Å². The molecule has 0 unspecified atom stereocenters. The normalized spacial score (nSPS) is 16.5. The number of carboxylic acid groups (broad SMARTS) is 1. The third-order valence-electron chi connectivity index (χ3n) is 2.78. The molecule has 23 heavy (non-hydrogen) atoms. The van der Waals surface area contributed by atoms with E-state index in [0.29, 0.717) is 33.0 Å². The molecule has 0 bridgehead atoms. The first-order chi connectivity index (χ1) is 10.8. The number of benzene rings is 1. The Morgan fingerprint density at radius 1 is 1.43 bits per heavy atom. The molecule has 6 nitrogen and oxygen atoms in total. The Kier molecular flexibility index (Phi) is 5.33. The monoisotopic (exact) mass is 355 g/mol. The van der Waals surface area contributed by atoms with Gasteiger partial charge in [-0.1, -0.05) is 17.7 Å². The molecular formula is C15H14ClNO5S. The minimum atomic E-state index is -1.24. The fraction of sp³-hybridized carbons (Fsp3) is 0.267. The second-order valence-electron chi connectivity index (χ2n) is 5.02. The Morgan fingerprint density at radius 2 is 2.13 bits per heavy atom. The Hall–Kier alpha value is -1.99. The van der Waals surface area contributed by atoms with Gasteiger partial charge in [0.05, 0.1) is 16.0 Å². The molecule has 2 rings (SSSR count). The van der Waals surface area contributed by atoms with Crippen LogP contribution < -0.4 is 4.74 Å². The number of nitrogens with zero attached hydrogens (tertiary/aromatic N) is 1. The summed E-state index contributed by atoms with van der Waals surface area (Å²) >= 11 is 6.82. The highest BCUT2D eigenvalue weighted by Crippen LogP contribution is 2.33. The van der Waals surface area contributed by atoms with Gasteiger partial charge in [-0.15, -0.1) is 0 Å². The maximum atomic E-state index is 12.0. The number of amides is 2. The lowest BCUT2D eigenvalue weighted by molar-refractivity contribution is -0.140. The molecule has 1 aliphatic heterocycles. The summed E-state index contributed by atoms with van der Waals surface area (Å²) in [6, 6.07) is 4.99. The Bertz CT molecular complexity index is 701. The Labute approximate surface area is 142 Å². The number of imide groups is 1. The van der Waals surface area contributed by atoms with Crippen LogP contribution in [-0.4, -0.2) is 39.8 Å². The van der Waals surface area contributed by atoms with Gasteiger partial charge in [0.1, 0.15) is 12.3 Å². The molecule has 8 heteroatoms. The van der Waals surface area contributed by atoms with Gasteiger partial charge in [0, 0.05) is 0 Å². The average Bonchev–Trinajstić information content (AvgIpc) is 2.69. The van der Waals surface area contributed by atoms with Gasteiger partial charge >= 0.3 is 5.97 Å². The number of hydrogen-bond donors (Lipinski definition) is 1. The third-order valence-corrected chi connectivity index (χ3v) is 3.99. The highest BCUT2D eigenvalue weighted by atomic mass is 35.5. The zero-order valence-electron chi connectivity index (χ0n) is 12.4. The molecule has 0 radical (unpaired) electrons. The van der Waals surface area contributed by atoms with Crippen LogP contribution in [0.4, 0.5) is 4.79 Å². The molecule has 1 saturated heterocycles. The van der Waals surface area contributed by atoms with Gasteiger partial charge in [-0.25, -0.2) is 0 Å². The van der Waals surface area contributed by atoms with Crippen LogP contribution in [0, 0.1) is 0 Å². The molecule has 1 fully saturated rings. The van der Waals surface area contributed by atoms with Crippen molar-refractivity contribution >= 4 is 46.6 Å². The molecular weight excluding hydrogens is 342 g/mol. The zero-order chi connectivity index (χ0) is 17.1. The molecule has 1 N–H and O–H groups in total. The van der Waals surface area contributed by atoms with E-state index in [2.05, 4.69) is 0 Å². The van der Waals surface area contributed by atoms with Gasteiger partial charge in [-0.2, -0.15) is 0 Å². The van der Waals surface area contributed by atoms with Gasteiger partial charge in [-0.05, 0) is 49.4 Å². The number of ether oxygens (including phenoxy) is 1. The Morgan fingerprint density at radius 3 is 2.70 bits per heavy atom. The van der Waals surface area contributed by atoms with E-state index in [-0.39, 0.29) is 11.0 Å². The van der Waals surface area contributed by atoms with E-state index < -0.39 is 23.7 Å². The minimum Gasteiger partial charge on any atom is -0.489 e. The predicted octanol–water partition coefficient (Wildman–Crippen LogP) is 3.25. The number of carbonyl (C=O) groups is 3. The first-order valence-corrected chi connectivity index (χ1v) is 7.90. The van der Waals surface area contributed by atoms with Crippen LogP contribution in [0.25, 0.3) is 6.08 Å². The molecule has 0 aromatic heterocycles. The van der Waals surface area contributed by atoms with Crippen molar-refractivity contribution in [2.75, 3.05) is 6.54 Å². The van der Waals surface area contributed by atoms with Crippen LogP contribution in [0.5, 0.6) is 5.75 Å². The predicted molar refractivity (Wildman–Crippen MR) is 87.5 cm³/mol. The largest absolute Gasteiger partial charge is 0.489 e. The van der Waals surface area contributed by atoms with Crippen LogP contribution >= 0.6 is 23.4 Å². The molecule has 122 valence electrons. The smallest absolute Gasteiger partial charge is 0.323 e. The number of hydrogen-bond acceptors (Lipinski definition) is 5. The molecule has 0 atom stereocenters. The quantitative estimate of drug-likeness (QED) is 0.816. The first kappa shape index (κ1) is 17.4. The SMILES string of the molecule is CC(C)Oc1ccc(/C=C2/SC(=O)N(CC(=O)O)C2=O)cc1Cl. The topological polar surface area (TPSA) is 83.9 Å². The molecule has 0 aliphatic carbocycles. The minimum absolute atomic E-state index is 0.0223. The number of aliphatic carboxylic acids is 1. The molecule has 1 aliphatic rings. The van der Waals surface area contributed by atoms with Crippen LogP contribution in [0.2, 0.25) is 5.02 Å². The van der Waals surface area contributed by atoms with Gasteiger partial charge < -0.3 is 9.84 Å². The van der Waals surface area contributed by atoms with Crippen molar-refractivity contribution < 1.29 is 24.2 Å². The van der Waals surface area contributed by atoms with Gasteiger partial charge in [0.25, 0.3) is 11.1 Å². The van der Waals surface area contributed by atoms with E-state index >= 15 is 0 Å². The lowest BCUT2D eigenvalue weighted by Crippen LogP contribution is -2.33. The van der Waals surface area contributed by atoms with Crippen molar-refractivity contribution in [3.05, 3.63) is 33.7 Å². The van der Waals surface area contributed by atoms with Crippen LogP contribution in [-0.2, 0) is 9.59 Å². The standard InChI is InChI=1S/C15H14ClNO5S/c1-8(2)22-11-4-3-9(5-10(11)16)6-12-14(20)17(7-13(18)19)15(21)23-12/h3-6,8H,7H2,1-2H3,(H,18,19)/b12-6+. The highest BCUT2D eigenvalue weighted by molar-refractivity contribution is 8.18. The zero-order valence-corrected chi connectivity index (χ0v) is 14.0. The van der Waals surface area contributed by atoms with Crippen molar-refractivity contribution in [2.24, 2.45) is 0 Å². The van der Waals surface area contributed by atoms with Crippen molar-refractivity contribution in [3.63, 3.8) is 0 Å². The van der Waals surface area contributed by atoms with Crippen molar-refractivity contribution in [1.29, 1.82) is 0 Å². The fourth-order valence-corrected chi connectivity index (χ4v) is 2.95. The van der Waals surface area contributed by atoms with E-state index in [1.807, 2.05) is 13.8 Å². The van der Waals surface area contributed by atoms with Crippen molar-refractivity contribution in [2.45, 2.75) is 20.0 Å². The molecule has 0 saturated carbocycles. The molecule has 1 heterocycles. The number of rotatable bonds is 5. The molecule has 2 amide bonds. The van der Waals surface area contributed by atoms with Crippen molar-refractivity contribution in [3.8, 4) is 5.75 Å². The number of carbonyl (C=O) groups excluding carboxylic acids is 2. The average molecular weight is 356 g/mol. The second-order valence-corrected chi connectivity index (χ2v) is 6.42. The summed E-state index contributed by atoms with van der Waals surface area (Å²) in [4.78, 5) is 35.3. The summed E-state index contributed by atoms with van der Waals surface area (Å²) in [5.41, 5.74) is 0.618. The van der Waals surface area contributed by atoms with Gasteiger partial charge in [0.2, 0.25) is 0 Å². The van der Waals surface area contributed by atoms with E-state index in [1.54, 1.807) is 18.2 Å². The number of halogens is 1. The summed E-state index contributed by atoms with van der Waals surface area (Å²) in [5.74, 6) is -1.34.